The zero-order valence-corrected chi connectivity index (χ0v) is 17.1. The summed E-state index contributed by atoms with van der Waals surface area (Å²) in [6.45, 7) is 4.56. The van der Waals surface area contributed by atoms with E-state index in [1.165, 1.54) is 5.56 Å². The highest BCUT2D eigenvalue weighted by Gasteiger charge is 2.53. The first-order valence-electron chi connectivity index (χ1n) is 9.77. The molecule has 7 heteroatoms. The first kappa shape index (κ1) is 18.8. The SMILES string of the molecule is CN=C(NC1CC1(C)c1ccccc1OC)N1CCOC(c2cnn(C)c2)C1. The van der Waals surface area contributed by atoms with Crippen molar-refractivity contribution < 1.29 is 9.47 Å². The predicted molar refractivity (Wildman–Crippen MR) is 109 cm³/mol. The molecule has 4 rings (SSSR count). The molecule has 0 radical (unpaired) electrons. The Morgan fingerprint density at radius 3 is 2.93 bits per heavy atom. The molecule has 0 bridgehead atoms. The predicted octanol–water partition coefficient (Wildman–Crippen LogP) is 2.11. The molecule has 0 spiro atoms. The van der Waals surface area contributed by atoms with Gasteiger partial charge in [0.25, 0.3) is 0 Å². The molecule has 2 heterocycles. The number of benzene rings is 1. The molecule has 3 atom stereocenters. The van der Waals surface area contributed by atoms with Crippen molar-refractivity contribution in [3.63, 3.8) is 0 Å². The standard InChI is InChI=1S/C21H29N5O2/c1-21(16-7-5-6-8-17(16)27-4)11-19(21)24-20(22-2)26-9-10-28-18(14-26)15-12-23-25(3)13-15/h5-8,12-13,18-19H,9-11,14H2,1-4H3,(H,22,24). The van der Waals surface area contributed by atoms with Crippen molar-refractivity contribution in [3.8, 4) is 5.75 Å². The largest absolute Gasteiger partial charge is 0.496 e. The Labute approximate surface area is 166 Å². The van der Waals surface area contributed by atoms with Gasteiger partial charge in [-0.2, -0.15) is 5.10 Å². The van der Waals surface area contributed by atoms with E-state index < -0.39 is 0 Å². The molecule has 150 valence electrons. The molecule has 1 aromatic carbocycles. The number of hydrogen-bond donors (Lipinski definition) is 1. The van der Waals surface area contributed by atoms with E-state index in [0.29, 0.717) is 12.6 Å². The zero-order valence-electron chi connectivity index (χ0n) is 17.1. The van der Waals surface area contributed by atoms with Crippen molar-refractivity contribution >= 4 is 5.96 Å². The minimum Gasteiger partial charge on any atom is -0.496 e. The minimum absolute atomic E-state index is 0.0146. The Bertz CT molecular complexity index is 864. The molecule has 2 aromatic rings. The van der Waals surface area contributed by atoms with E-state index in [4.69, 9.17) is 9.47 Å². The molecule has 3 unspecified atom stereocenters. The summed E-state index contributed by atoms with van der Waals surface area (Å²) in [6.07, 6.45) is 4.97. The third kappa shape index (κ3) is 3.46. The lowest BCUT2D eigenvalue weighted by Crippen LogP contribution is -2.49. The van der Waals surface area contributed by atoms with Gasteiger partial charge < -0.3 is 19.7 Å². The molecular formula is C21H29N5O2. The van der Waals surface area contributed by atoms with Crippen molar-refractivity contribution in [1.29, 1.82) is 0 Å². The lowest BCUT2D eigenvalue weighted by atomic mass is 9.96. The average molecular weight is 383 g/mol. The van der Waals surface area contributed by atoms with E-state index in [1.807, 2.05) is 43.3 Å². The van der Waals surface area contributed by atoms with Gasteiger partial charge in [0, 0.05) is 49.4 Å². The summed E-state index contributed by atoms with van der Waals surface area (Å²) >= 11 is 0. The van der Waals surface area contributed by atoms with Gasteiger partial charge >= 0.3 is 0 Å². The number of guanidine groups is 1. The lowest BCUT2D eigenvalue weighted by molar-refractivity contribution is -0.00808. The summed E-state index contributed by atoms with van der Waals surface area (Å²) in [5.41, 5.74) is 2.41. The molecule has 1 aliphatic carbocycles. The molecule has 7 nitrogen and oxygen atoms in total. The van der Waals surface area contributed by atoms with Crippen LogP contribution in [0.15, 0.2) is 41.7 Å². The molecular weight excluding hydrogens is 354 g/mol. The van der Waals surface area contributed by atoms with Crippen LogP contribution in [0.3, 0.4) is 0 Å². The number of nitrogens with one attached hydrogen (secondary N) is 1. The lowest BCUT2D eigenvalue weighted by Gasteiger charge is -2.35. The smallest absolute Gasteiger partial charge is 0.194 e. The molecule has 0 amide bonds. The molecule has 28 heavy (non-hydrogen) atoms. The van der Waals surface area contributed by atoms with Crippen LogP contribution in [-0.4, -0.2) is 60.5 Å². The zero-order chi connectivity index (χ0) is 19.7. The van der Waals surface area contributed by atoms with Crippen molar-refractivity contribution in [3.05, 3.63) is 47.8 Å². The number of hydrogen-bond acceptors (Lipinski definition) is 4. The molecule has 1 saturated carbocycles. The van der Waals surface area contributed by atoms with Crippen molar-refractivity contribution in [1.82, 2.24) is 20.0 Å². The van der Waals surface area contributed by atoms with Crippen LogP contribution in [0.5, 0.6) is 5.75 Å². The van der Waals surface area contributed by atoms with Crippen LogP contribution < -0.4 is 10.1 Å². The van der Waals surface area contributed by atoms with Crippen LogP contribution >= 0.6 is 0 Å². The number of ether oxygens (including phenoxy) is 2. The van der Waals surface area contributed by atoms with E-state index in [1.54, 1.807) is 7.11 Å². The Kier molecular flexibility index (Phi) is 5.02. The second-order valence-electron chi connectivity index (χ2n) is 7.82. The Hall–Kier alpha value is -2.54. The summed E-state index contributed by atoms with van der Waals surface area (Å²) in [7, 11) is 5.51. The second kappa shape index (κ2) is 7.47. The van der Waals surface area contributed by atoms with Gasteiger partial charge in [0.05, 0.1) is 26.5 Å². The first-order chi connectivity index (χ1) is 13.5. The van der Waals surface area contributed by atoms with Crippen molar-refractivity contribution in [2.75, 3.05) is 33.9 Å². The van der Waals surface area contributed by atoms with E-state index >= 15 is 0 Å². The topological polar surface area (TPSA) is 63.9 Å². The average Bonchev–Trinajstić information content (AvgIpc) is 3.17. The summed E-state index contributed by atoms with van der Waals surface area (Å²) in [6, 6.07) is 8.62. The van der Waals surface area contributed by atoms with Gasteiger partial charge in [0.2, 0.25) is 0 Å². The number of nitrogens with zero attached hydrogens (tertiary/aromatic N) is 4. The third-order valence-corrected chi connectivity index (χ3v) is 5.94. The number of aryl methyl sites for hydroxylation is 1. The van der Waals surface area contributed by atoms with Gasteiger partial charge in [0.1, 0.15) is 11.9 Å². The molecule has 2 aliphatic rings. The maximum absolute atomic E-state index is 5.97. The van der Waals surface area contributed by atoms with Gasteiger partial charge in [-0.15, -0.1) is 0 Å². The fourth-order valence-corrected chi connectivity index (χ4v) is 4.09. The van der Waals surface area contributed by atoms with Gasteiger partial charge in [-0.05, 0) is 12.5 Å². The molecule has 1 saturated heterocycles. The fourth-order valence-electron chi connectivity index (χ4n) is 4.09. The third-order valence-electron chi connectivity index (χ3n) is 5.94. The normalized spacial score (nSPS) is 27.6. The van der Waals surface area contributed by atoms with Gasteiger partial charge in [-0.25, -0.2) is 0 Å². The highest BCUT2D eigenvalue weighted by Crippen LogP contribution is 2.51. The number of para-hydroxylation sites is 1. The van der Waals surface area contributed by atoms with Crippen molar-refractivity contribution in [2.45, 2.75) is 30.9 Å². The number of rotatable bonds is 4. The first-order valence-corrected chi connectivity index (χ1v) is 9.77. The molecule has 1 aromatic heterocycles. The molecule has 1 aliphatic heterocycles. The van der Waals surface area contributed by atoms with Crippen LogP contribution in [0.25, 0.3) is 0 Å². The van der Waals surface area contributed by atoms with Crippen LogP contribution in [0.1, 0.15) is 30.6 Å². The van der Waals surface area contributed by atoms with Crippen LogP contribution in [-0.2, 0) is 17.2 Å². The number of morpholine rings is 1. The number of methoxy groups -OCH3 is 1. The summed E-state index contributed by atoms with van der Waals surface area (Å²) in [5.74, 6) is 1.88. The molecule has 2 fully saturated rings. The minimum atomic E-state index is 0.0146. The van der Waals surface area contributed by atoms with Crippen LogP contribution in [0, 0.1) is 0 Å². The van der Waals surface area contributed by atoms with Gasteiger partial charge in [0.15, 0.2) is 5.96 Å². The summed E-state index contributed by atoms with van der Waals surface area (Å²) in [5, 5.41) is 7.94. The summed E-state index contributed by atoms with van der Waals surface area (Å²) < 4.78 is 13.4. The Morgan fingerprint density at radius 1 is 1.39 bits per heavy atom. The summed E-state index contributed by atoms with van der Waals surface area (Å²) in [4.78, 5) is 6.83. The second-order valence-corrected chi connectivity index (χ2v) is 7.82. The Morgan fingerprint density at radius 2 is 2.21 bits per heavy atom. The number of aliphatic imine (C=N–C) groups is 1. The van der Waals surface area contributed by atoms with E-state index in [9.17, 15) is 0 Å². The molecule has 1 N–H and O–H groups in total. The maximum atomic E-state index is 5.97. The Balaban J connectivity index is 1.44. The van der Waals surface area contributed by atoms with Gasteiger partial charge in [-0.1, -0.05) is 25.1 Å². The maximum Gasteiger partial charge on any atom is 0.194 e. The quantitative estimate of drug-likeness (QED) is 0.647. The van der Waals surface area contributed by atoms with E-state index in [0.717, 1.165) is 36.8 Å². The van der Waals surface area contributed by atoms with E-state index in [2.05, 4.69) is 39.4 Å². The fraction of sp³-hybridized carbons (Fsp3) is 0.524. The van der Waals surface area contributed by atoms with Crippen molar-refractivity contribution in [2.24, 2.45) is 12.0 Å². The highest BCUT2D eigenvalue weighted by atomic mass is 16.5. The van der Waals surface area contributed by atoms with Gasteiger partial charge in [-0.3, -0.25) is 9.67 Å². The van der Waals surface area contributed by atoms with E-state index in [-0.39, 0.29) is 11.5 Å². The highest BCUT2D eigenvalue weighted by molar-refractivity contribution is 5.81. The van der Waals surface area contributed by atoms with Crippen LogP contribution in [0.2, 0.25) is 0 Å². The number of aromatic nitrogens is 2. The van der Waals surface area contributed by atoms with Crippen LogP contribution in [0.4, 0.5) is 0 Å². The monoisotopic (exact) mass is 383 g/mol.